The number of imidazole rings is 1. The van der Waals surface area contributed by atoms with Gasteiger partial charge in [-0.25, -0.2) is 4.98 Å². The molecule has 0 N–H and O–H groups in total. The summed E-state index contributed by atoms with van der Waals surface area (Å²) in [6, 6.07) is 22.1. The van der Waals surface area contributed by atoms with E-state index in [-0.39, 0.29) is 11.8 Å². The van der Waals surface area contributed by atoms with Gasteiger partial charge < -0.3 is 18.9 Å². The highest BCUT2D eigenvalue weighted by Crippen LogP contribution is 2.34. The lowest BCUT2D eigenvalue weighted by Gasteiger charge is -2.18. The minimum Gasteiger partial charge on any atom is -0.497 e. The molecule has 1 amide bonds. The number of aromatic nitrogens is 2. The number of rotatable bonds is 8. The number of benzene rings is 3. The summed E-state index contributed by atoms with van der Waals surface area (Å²) in [6.45, 7) is 6.20. The van der Waals surface area contributed by atoms with Crippen molar-refractivity contribution >= 4 is 22.6 Å². The molecule has 0 radical (unpaired) electrons. The number of aryl methyl sites for hydroxylation is 3. The second-order valence-electron chi connectivity index (χ2n) is 9.16. The number of hydrogen-bond acceptors (Lipinski definition) is 4. The SMILES string of the molecule is COc1ccc(OCCCn2c([C@@H]3CC(=O)N(c4ccc(C)c(C)c4)C3)nc3ccccc32)cc1. The molecule has 1 aliphatic heterocycles. The van der Waals surface area contributed by atoms with Gasteiger partial charge in [0.1, 0.15) is 17.3 Å². The van der Waals surface area contributed by atoms with Gasteiger partial charge in [-0.2, -0.15) is 0 Å². The standard InChI is InChI=1S/C29H31N3O3/c1-20-9-10-23(17-21(20)2)32-19-22(18-28(32)33)29-30-26-7-4-5-8-27(26)31(29)15-6-16-35-25-13-11-24(34-3)12-14-25/h4-5,7-14,17,22H,6,15-16,18-19H2,1-3H3/t22-/m1/s1. The Morgan fingerprint density at radius 3 is 2.51 bits per heavy atom. The molecule has 0 spiro atoms. The largest absolute Gasteiger partial charge is 0.497 e. The van der Waals surface area contributed by atoms with Crippen molar-refractivity contribution in [2.75, 3.05) is 25.2 Å². The highest BCUT2D eigenvalue weighted by atomic mass is 16.5. The van der Waals surface area contributed by atoms with E-state index in [4.69, 9.17) is 14.5 Å². The third kappa shape index (κ3) is 4.74. The molecule has 35 heavy (non-hydrogen) atoms. The number of para-hydroxylation sites is 2. The highest BCUT2D eigenvalue weighted by molar-refractivity contribution is 5.96. The zero-order valence-electron chi connectivity index (χ0n) is 20.5. The van der Waals surface area contributed by atoms with Crippen LogP contribution in [0.15, 0.2) is 66.7 Å². The molecule has 0 saturated carbocycles. The van der Waals surface area contributed by atoms with Gasteiger partial charge in [-0.1, -0.05) is 18.2 Å². The van der Waals surface area contributed by atoms with Crippen molar-refractivity contribution in [1.29, 1.82) is 0 Å². The maximum absolute atomic E-state index is 13.0. The molecule has 1 fully saturated rings. The van der Waals surface area contributed by atoms with Gasteiger partial charge in [0.05, 0.1) is 24.8 Å². The first-order valence-electron chi connectivity index (χ1n) is 12.1. The lowest BCUT2D eigenvalue weighted by atomic mass is 10.1. The average molecular weight is 470 g/mol. The molecule has 3 aromatic carbocycles. The molecule has 1 aromatic heterocycles. The highest BCUT2D eigenvalue weighted by Gasteiger charge is 2.34. The van der Waals surface area contributed by atoms with Crippen LogP contribution >= 0.6 is 0 Å². The summed E-state index contributed by atoms with van der Waals surface area (Å²) < 4.78 is 13.4. The first-order chi connectivity index (χ1) is 17.0. The Hall–Kier alpha value is -3.80. The normalized spacial score (nSPS) is 15.7. The van der Waals surface area contributed by atoms with E-state index in [1.807, 2.05) is 53.4 Å². The number of hydrogen-bond donors (Lipinski definition) is 0. The molecule has 6 nitrogen and oxygen atoms in total. The van der Waals surface area contributed by atoms with Crippen molar-refractivity contribution in [3.8, 4) is 11.5 Å². The molecule has 2 heterocycles. The molecule has 0 aliphatic carbocycles. The first-order valence-corrected chi connectivity index (χ1v) is 12.1. The molecule has 180 valence electrons. The van der Waals surface area contributed by atoms with Crippen LogP contribution in [0.1, 0.15) is 35.7 Å². The number of nitrogens with zero attached hydrogens (tertiary/aromatic N) is 3. The van der Waals surface area contributed by atoms with Gasteiger partial charge >= 0.3 is 0 Å². The number of amides is 1. The molecular formula is C29H31N3O3. The van der Waals surface area contributed by atoms with E-state index in [1.165, 1.54) is 11.1 Å². The van der Waals surface area contributed by atoms with Crippen molar-refractivity contribution in [3.63, 3.8) is 0 Å². The van der Waals surface area contributed by atoms with E-state index in [1.54, 1.807) is 7.11 Å². The summed E-state index contributed by atoms with van der Waals surface area (Å²) in [6.07, 6.45) is 1.31. The lowest BCUT2D eigenvalue weighted by Crippen LogP contribution is -2.24. The molecule has 5 rings (SSSR count). The van der Waals surface area contributed by atoms with Crippen molar-refractivity contribution < 1.29 is 14.3 Å². The maximum Gasteiger partial charge on any atom is 0.227 e. The van der Waals surface area contributed by atoms with Crippen LogP contribution in [0.5, 0.6) is 11.5 Å². The Kier molecular flexibility index (Phi) is 6.45. The topological polar surface area (TPSA) is 56.6 Å². The van der Waals surface area contributed by atoms with Gasteiger partial charge in [0, 0.05) is 31.1 Å². The zero-order valence-corrected chi connectivity index (χ0v) is 20.5. The van der Waals surface area contributed by atoms with Crippen LogP contribution in [-0.2, 0) is 11.3 Å². The fraction of sp³-hybridized carbons (Fsp3) is 0.310. The van der Waals surface area contributed by atoms with E-state index in [0.29, 0.717) is 19.6 Å². The van der Waals surface area contributed by atoms with E-state index >= 15 is 0 Å². The molecule has 0 unspecified atom stereocenters. The van der Waals surface area contributed by atoms with E-state index in [0.717, 1.165) is 47.0 Å². The molecule has 1 atom stereocenters. The van der Waals surface area contributed by atoms with Crippen molar-refractivity contribution in [2.45, 2.75) is 39.2 Å². The summed E-state index contributed by atoms with van der Waals surface area (Å²) in [4.78, 5) is 19.9. The van der Waals surface area contributed by atoms with Gasteiger partial charge in [-0.15, -0.1) is 0 Å². The quantitative estimate of drug-likeness (QED) is 0.313. The van der Waals surface area contributed by atoms with Crippen LogP contribution in [0.2, 0.25) is 0 Å². The Labute approximate surface area is 206 Å². The van der Waals surface area contributed by atoms with Crippen LogP contribution < -0.4 is 14.4 Å². The zero-order chi connectivity index (χ0) is 24.4. The van der Waals surface area contributed by atoms with E-state index in [9.17, 15) is 4.79 Å². The Balaban J connectivity index is 1.32. The summed E-state index contributed by atoms with van der Waals surface area (Å²) in [7, 11) is 1.65. The van der Waals surface area contributed by atoms with Crippen LogP contribution in [0.3, 0.4) is 0 Å². The molecule has 6 heteroatoms. The van der Waals surface area contributed by atoms with Crippen molar-refractivity contribution in [3.05, 3.63) is 83.7 Å². The molecule has 1 aliphatic rings. The maximum atomic E-state index is 13.0. The van der Waals surface area contributed by atoms with E-state index in [2.05, 4.69) is 36.6 Å². The summed E-state index contributed by atoms with van der Waals surface area (Å²) in [5, 5.41) is 0. The van der Waals surface area contributed by atoms with E-state index < -0.39 is 0 Å². The average Bonchev–Trinajstić information content (AvgIpc) is 3.44. The fourth-order valence-corrected chi connectivity index (χ4v) is 4.75. The Morgan fingerprint density at radius 1 is 0.971 bits per heavy atom. The van der Waals surface area contributed by atoms with Gasteiger partial charge in [-0.05, 0) is 79.9 Å². The number of methoxy groups -OCH3 is 1. The lowest BCUT2D eigenvalue weighted by molar-refractivity contribution is -0.117. The number of anilines is 1. The number of carbonyl (C=O) groups excluding carboxylic acids is 1. The third-order valence-corrected chi connectivity index (χ3v) is 6.83. The monoisotopic (exact) mass is 469 g/mol. The molecule has 0 bridgehead atoms. The summed E-state index contributed by atoms with van der Waals surface area (Å²) in [5.41, 5.74) is 5.47. The smallest absolute Gasteiger partial charge is 0.227 e. The van der Waals surface area contributed by atoms with Gasteiger partial charge in [0.25, 0.3) is 0 Å². The molecular weight excluding hydrogens is 438 g/mol. The summed E-state index contributed by atoms with van der Waals surface area (Å²) >= 11 is 0. The van der Waals surface area contributed by atoms with Crippen LogP contribution in [-0.4, -0.2) is 35.7 Å². The number of carbonyl (C=O) groups is 1. The molecule has 4 aromatic rings. The van der Waals surface area contributed by atoms with Crippen LogP contribution in [0, 0.1) is 13.8 Å². The van der Waals surface area contributed by atoms with Gasteiger partial charge in [0.15, 0.2) is 0 Å². The van der Waals surface area contributed by atoms with Crippen molar-refractivity contribution in [1.82, 2.24) is 9.55 Å². The predicted octanol–water partition coefficient (Wildman–Crippen LogP) is 5.65. The van der Waals surface area contributed by atoms with Crippen LogP contribution in [0.4, 0.5) is 5.69 Å². The Bertz CT molecular complexity index is 1340. The first kappa shape index (κ1) is 23.0. The molecule has 1 saturated heterocycles. The fourth-order valence-electron chi connectivity index (χ4n) is 4.75. The third-order valence-electron chi connectivity index (χ3n) is 6.83. The van der Waals surface area contributed by atoms with Gasteiger partial charge in [-0.3, -0.25) is 4.79 Å². The van der Waals surface area contributed by atoms with Crippen LogP contribution in [0.25, 0.3) is 11.0 Å². The number of ether oxygens (including phenoxy) is 2. The minimum atomic E-state index is 0.0546. The predicted molar refractivity (Wildman–Crippen MR) is 138 cm³/mol. The second kappa shape index (κ2) is 9.82. The summed E-state index contributed by atoms with van der Waals surface area (Å²) in [5.74, 6) is 2.83. The van der Waals surface area contributed by atoms with Gasteiger partial charge in [0.2, 0.25) is 5.91 Å². The van der Waals surface area contributed by atoms with Crippen molar-refractivity contribution in [2.24, 2.45) is 0 Å². The number of fused-ring (bicyclic) bond motifs is 1. The Morgan fingerprint density at radius 2 is 1.74 bits per heavy atom. The minimum absolute atomic E-state index is 0.0546. The second-order valence-corrected chi connectivity index (χ2v) is 9.16.